The molecule has 0 saturated heterocycles. The maximum absolute atomic E-state index is 12.6. The molecule has 0 bridgehead atoms. The third-order valence-electron chi connectivity index (χ3n) is 4.92. The van der Waals surface area contributed by atoms with Gasteiger partial charge in [-0.3, -0.25) is 0 Å². The molecule has 3 aromatic rings. The lowest BCUT2D eigenvalue weighted by Gasteiger charge is -2.22. The Morgan fingerprint density at radius 3 is 2.30 bits per heavy atom. The highest BCUT2D eigenvalue weighted by Crippen LogP contribution is 2.44. The van der Waals surface area contributed by atoms with Gasteiger partial charge in [-0.25, -0.2) is 4.79 Å². The van der Waals surface area contributed by atoms with Crippen LogP contribution in [0.15, 0.2) is 65.4 Å². The average Bonchev–Trinajstić information content (AvgIpc) is 3.32. The van der Waals surface area contributed by atoms with Crippen LogP contribution < -0.4 is 0 Å². The first-order valence-corrected chi connectivity index (χ1v) is 9.94. The second-order valence-electron chi connectivity index (χ2n) is 6.58. The first kappa shape index (κ1) is 17.8. The molecule has 4 rings (SSSR count). The van der Waals surface area contributed by atoms with Crippen molar-refractivity contribution in [1.29, 1.82) is 0 Å². The van der Waals surface area contributed by atoms with Gasteiger partial charge in [-0.15, -0.1) is 0 Å². The van der Waals surface area contributed by atoms with Crippen molar-refractivity contribution in [2.45, 2.75) is 12.5 Å². The van der Waals surface area contributed by atoms with Gasteiger partial charge in [-0.05, 0) is 44.6 Å². The lowest BCUT2D eigenvalue weighted by atomic mass is 9.98. The second-order valence-corrected chi connectivity index (χ2v) is 7.36. The van der Waals surface area contributed by atoms with E-state index in [0.29, 0.717) is 13.2 Å². The fourth-order valence-corrected chi connectivity index (χ4v) is 4.30. The number of aliphatic hydroxyl groups excluding tert-OH is 1. The van der Waals surface area contributed by atoms with Gasteiger partial charge < -0.3 is 14.7 Å². The highest BCUT2D eigenvalue weighted by molar-refractivity contribution is 7.07. The fraction of sp³-hybridized carbons (Fsp3) is 0.227. The zero-order valence-corrected chi connectivity index (χ0v) is 15.7. The average molecular weight is 379 g/mol. The van der Waals surface area contributed by atoms with Gasteiger partial charge in [0.15, 0.2) is 0 Å². The highest BCUT2D eigenvalue weighted by Gasteiger charge is 2.29. The molecule has 0 radical (unpaired) electrons. The first-order valence-electron chi connectivity index (χ1n) is 9.00. The van der Waals surface area contributed by atoms with Crippen molar-refractivity contribution >= 4 is 17.4 Å². The van der Waals surface area contributed by atoms with Gasteiger partial charge in [0.1, 0.15) is 6.61 Å². The van der Waals surface area contributed by atoms with E-state index < -0.39 is 6.09 Å². The molecule has 1 heterocycles. The van der Waals surface area contributed by atoms with Gasteiger partial charge in [0.2, 0.25) is 0 Å². The normalized spacial score (nSPS) is 12.5. The number of hydrogen-bond donors (Lipinski definition) is 1. The minimum Gasteiger partial charge on any atom is -0.448 e. The Morgan fingerprint density at radius 2 is 1.70 bits per heavy atom. The lowest BCUT2D eigenvalue weighted by Crippen LogP contribution is -2.34. The summed E-state index contributed by atoms with van der Waals surface area (Å²) in [4.78, 5) is 14.2. The molecular weight excluding hydrogens is 358 g/mol. The summed E-state index contributed by atoms with van der Waals surface area (Å²) < 4.78 is 5.68. The molecule has 0 aliphatic heterocycles. The quantitative estimate of drug-likeness (QED) is 0.686. The Morgan fingerprint density at radius 1 is 1.04 bits per heavy atom. The fourth-order valence-electron chi connectivity index (χ4n) is 3.64. The van der Waals surface area contributed by atoms with Crippen LogP contribution in [0.3, 0.4) is 0 Å². The summed E-state index contributed by atoms with van der Waals surface area (Å²) in [6, 6.07) is 18.5. The van der Waals surface area contributed by atoms with Crippen molar-refractivity contribution in [3.63, 3.8) is 0 Å². The molecule has 5 heteroatoms. The van der Waals surface area contributed by atoms with E-state index in [1.54, 1.807) is 16.2 Å². The summed E-state index contributed by atoms with van der Waals surface area (Å²) in [5.41, 5.74) is 5.84. The van der Waals surface area contributed by atoms with Crippen LogP contribution in [0.1, 0.15) is 22.6 Å². The minimum absolute atomic E-state index is 0.0403. The number of fused-ring (bicyclic) bond motifs is 3. The largest absolute Gasteiger partial charge is 0.448 e. The molecule has 27 heavy (non-hydrogen) atoms. The van der Waals surface area contributed by atoms with Gasteiger partial charge in [0.25, 0.3) is 0 Å². The minimum atomic E-state index is -0.392. The van der Waals surface area contributed by atoms with Gasteiger partial charge in [0.05, 0.1) is 6.61 Å². The highest BCUT2D eigenvalue weighted by atomic mass is 32.1. The second kappa shape index (κ2) is 7.94. The maximum Gasteiger partial charge on any atom is 0.410 e. The number of hydrogen-bond acceptors (Lipinski definition) is 4. The summed E-state index contributed by atoms with van der Waals surface area (Å²) in [6.07, 6.45) is -0.392. The van der Waals surface area contributed by atoms with E-state index in [-0.39, 0.29) is 19.1 Å². The molecule has 138 valence electrons. The van der Waals surface area contributed by atoms with Crippen molar-refractivity contribution in [3.05, 3.63) is 82.0 Å². The van der Waals surface area contributed by atoms with E-state index in [2.05, 4.69) is 24.3 Å². The Labute approximate surface area is 162 Å². The third-order valence-corrected chi connectivity index (χ3v) is 5.65. The van der Waals surface area contributed by atoms with Crippen LogP contribution in [0.2, 0.25) is 0 Å². The summed E-state index contributed by atoms with van der Waals surface area (Å²) in [5, 5.41) is 13.3. The van der Waals surface area contributed by atoms with Crippen LogP contribution in [0.5, 0.6) is 0 Å². The van der Waals surface area contributed by atoms with Crippen LogP contribution >= 0.6 is 11.3 Å². The smallest absolute Gasteiger partial charge is 0.410 e. The van der Waals surface area contributed by atoms with E-state index in [4.69, 9.17) is 4.74 Å². The van der Waals surface area contributed by atoms with Gasteiger partial charge in [-0.1, -0.05) is 48.5 Å². The number of carbonyl (C=O) groups is 1. The molecule has 0 spiro atoms. The molecular formula is C22H21NO3S. The van der Waals surface area contributed by atoms with Crippen LogP contribution in [0.4, 0.5) is 4.79 Å². The number of ether oxygens (including phenoxy) is 1. The molecule has 1 amide bonds. The molecule has 0 unspecified atom stereocenters. The Bertz CT molecular complexity index is 877. The standard InChI is InChI=1S/C22H21NO3S/c24-11-10-23(13-16-9-12-27-15-16)22(25)26-14-21-19-7-3-1-5-17(19)18-6-2-4-8-20(18)21/h1-9,12,15,21,24H,10-11,13-14H2. The maximum atomic E-state index is 12.6. The Balaban J connectivity index is 1.50. The van der Waals surface area contributed by atoms with Gasteiger partial charge in [-0.2, -0.15) is 11.3 Å². The zero-order valence-electron chi connectivity index (χ0n) is 14.9. The van der Waals surface area contributed by atoms with Crippen molar-refractivity contribution in [1.82, 2.24) is 4.90 Å². The summed E-state index contributed by atoms with van der Waals surface area (Å²) in [5.74, 6) is 0.0403. The van der Waals surface area contributed by atoms with E-state index in [1.165, 1.54) is 22.3 Å². The van der Waals surface area contributed by atoms with Crippen LogP contribution in [-0.2, 0) is 11.3 Å². The monoisotopic (exact) mass is 379 g/mol. The predicted octanol–water partition coefficient (Wildman–Crippen LogP) is 4.49. The SMILES string of the molecule is O=C(OCC1c2ccccc2-c2ccccc21)N(CCO)Cc1ccsc1. The number of nitrogens with zero attached hydrogens (tertiary/aromatic N) is 1. The summed E-state index contributed by atoms with van der Waals surface area (Å²) in [6.45, 7) is 0.903. The number of amides is 1. The number of carbonyl (C=O) groups excluding carboxylic acids is 1. The molecule has 4 nitrogen and oxygen atoms in total. The molecule has 1 aliphatic carbocycles. The number of aliphatic hydroxyl groups is 1. The van der Waals surface area contributed by atoms with Crippen molar-refractivity contribution in [3.8, 4) is 11.1 Å². The predicted molar refractivity (Wildman–Crippen MR) is 107 cm³/mol. The Kier molecular flexibility index (Phi) is 5.23. The Hall–Kier alpha value is -2.63. The molecule has 0 fully saturated rings. The van der Waals surface area contributed by atoms with Crippen molar-refractivity contribution in [2.75, 3.05) is 19.8 Å². The number of rotatable bonds is 6. The van der Waals surface area contributed by atoms with Gasteiger partial charge in [0, 0.05) is 19.0 Å². The number of benzene rings is 2. The van der Waals surface area contributed by atoms with E-state index in [0.717, 1.165) is 5.56 Å². The summed E-state index contributed by atoms with van der Waals surface area (Å²) >= 11 is 1.59. The molecule has 0 atom stereocenters. The molecule has 2 aromatic carbocycles. The van der Waals surface area contributed by atoms with Crippen LogP contribution in [-0.4, -0.2) is 35.9 Å². The molecule has 1 aromatic heterocycles. The van der Waals surface area contributed by atoms with Crippen LogP contribution in [0.25, 0.3) is 11.1 Å². The zero-order chi connectivity index (χ0) is 18.6. The van der Waals surface area contributed by atoms with Crippen LogP contribution in [0, 0.1) is 0 Å². The molecule has 0 saturated carbocycles. The van der Waals surface area contributed by atoms with E-state index in [1.807, 2.05) is 41.1 Å². The topological polar surface area (TPSA) is 49.8 Å². The van der Waals surface area contributed by atoms with E-state index in [9.17, 15) is 9.90 Å². The molecule has 1 aliphatic rings. The third kappa shape index (κ3) is 3.61. The lowest BCUT2D eigenvalue weighted by molar-refractivity contribution is 0.0892. The van der Waals surface area contributed by atoms with Crippen molar-refractivity contribution in [2.24, 2.45) is 0 Å². The summed E-state index contributed by atoms with van der Waals surface area (Å²) in [7, 11) is 0. The van der Waals surface area contributed by atoms with Gasteiger partial charge >= 0.3 is 6.09 Å². The van der Waals surface area contributed by atoms with E-state index >= 15 is 0 Å². The molecule has 1 N–H and O–H groups in total. The number of thiophene rings is 1. The first-order chi connectivity index (χ1) is 13.3. The van der Waals surface area contributed by atoms with Crippen molar-refractivity contribution < 1.29 is 14.6 Å².